The Morgan fingerprint density at radius 3 is 2.57 bits per heavy atom. The van der Waals surface area contributed by atoms with Gasteiger partial charge in [0.2, 0.25) is 5.91 Å². The molecule has 1 amide bonds. The van der Waals surface area contributed by atoms with Crippen LogP contribution in [0.2, 0.25) is 0 Å². The van der Waals surface area contributed by atoms with E-state index < -0.39 is 0 Å². The molecule has 1 rings (SSSR count). The molecule has 0 spiro atoms. The molecule has 21 heavy (non-hydrogen) atoms. The van der Waals surface area contributed by atoms with E-state index in [4.69, 9.17) is 4.74 Å². The van der Waals surface area contributed by atoms with Gasteiger partial charge in [-0.05, 0) is 44.0 Å². The van der Waals surface area contributed by atoms with Crippen LogP contribution in [0.15, 0.2) is 21.5 Å². The summed E-state index contributed by atoms with van der Waals surface area (Å²) >= 11 is 4.97. The molecule has 0 aliphatic carbocycles. The van der Waals surface area contributed by atoms with Crippen molar-refractivity contribution in [3.8, 4) is 0 Å². The molecular weight excluding hydrogens is 354 g/mol. The molecule has 0 aliphatic heterocycles. The van der Waals surface area contributed by atoms with Crippen molar-refractivity contribution in [3.05, 3.63) is 27.7 Å². The maximum absolute atomic E-state index is 12.0. The van der Waals surface area contributed by atoms with E-state index in [1.54, 1.807) is 14.0 Å². The van der Waals surface area contributed by atoms with Gasteiger partial charge < -0.3 is 9.64 Å². The number of esters is 1. The number of benzene rings is 1. The van der Waals surface area contributed by atoms with Crippen LogP contribution in [0.25, 0.3) is 0 Å². The molecule has 6 heteroatoms. The molecule has 0 aliphatic rings. The largest absolute Gasteiger partial charge is 0.465 e. The van der Waals surface area contributed by atoms with E-state index in [-0.39, 0.29) is 18.4 Å². The highest BCUT2D eigenvalue weighted by Crippen LogP contribution is 2.28. The van der Waals surface area contributed by atoms with Gasteiger partial charge in [-0.25, -0.2) is 0 Å². The maximum atomic E-state index is 12.0. The molecule has 0 radical (unpaired) electrons. The number of halogens is 1. The van der Waals surface area contributed by atoms with E-state index in [9.17, 15) is 9.59 Å². The highest BCUT2D eigenvalue weighted by atomic mass is 79.9. The van der Waals surface area contributed by atoms with Crippen LogP contribution in [0.5, 0.6) is 0 Å². The molecule has 0 atom stereocenters. The van der Waals surface area contributed by atoms with Crippen LogP contribution in [-0.2, 0) is 14.3 Å². The zero-order chi connectivity index (χ0) is 16.0. The topological polar surface area (TPSA) is 46.6 Å². The monoisotopic (exact) mass is 373 g/mol. The fraction of sp³-hybridized carbons (Fsp3) is 0.467. The average Bonchev–Trinajstić information content (AvgIpc) is 2.41. The lowest BCUT2D eigenvalue weighted by Gasteiger charge is -2.16. The quantitative estimate of drug-likeness (QED) is 0.567. The Balaban J connectivity index is 2.57. The summed E-state index contributed by atoms with van der Waals surface area (Å²) < 4.78 is 5.89. The maximum Gasteiger partial charge on any atom is 0.325 e. The first-order valence-electron chi connectivity index (χ1n) is 6.64. The second-order valence-electron chi connectivity index (χ2n) is 4.71. The zero-order valence-corrected chi connectivity index (χ0v) is 15.1. The molecule has 0 saturated carbocycles. The van der Waals surface area contributed by atoms with Gasteiger partial charge in [0, 0.05) is 16.4 Å². The van der Waals surface area contributed by atoms with Crippen LogP contribution in [0.4, 0.5) is 0 Å². The van der Waals surface area contributed by atoms with Gasteiger partial charge in [-0.2, -0.15) is 0 Å². The number of nitrogens with zero attached hydrogens (tertiary/aromatic N) is 1. The summed E-state index contributed by atoms with van der Waals surface area (Å²) in [6.45, 7) is 6.09. The third-order valence-electron chi connectivity index (χ3n) is 2.90. The zero-order valence-electron chi connectivity index (χ0n) is 12.7. The summed E-state index contributed by atoms with van der Waals surface area (Å²) in [4.78, 5) is 25.8. The SMILES string of the molecule is CCOC(=O)CN(C)C(=O)CSc1cc(C)c(Br)cc1C. The smallest absolute Gasteiger partial charge is 0.325 e. The number of amides is 1. The summed E-state index contributed by atoms with van der Waals surface area (Å²) in [6.07, 6.45) is 0. The van der Waals surface area contributed by atoms with Crippen molar-refractivity contribution >= 4 is 39.6 Å². The highest BCUT2D eigenvalue weighted by Gasteiger charge is 2.14. The second kappa shape index (κ2) is 8.44. The molecule has 4 nitrogen and oxygen atoms in total. The number of thioether (sulfide) groups is 1. The van der Waals surface area contributed by atoms with Crippen molar-refractivity contribution in [1.29, 1.82) is 0 Å². The molecule has 0 bridgehead atoms. The fourth-order valence-corrected chi connectivity index (χ4v) is 3.15. The first-order chi connectivity index (χ1) is 9.85. The predicted molar refractivity (Wildman–Crippen MR) is 88.6 cm³/mol. The number of rotatable bonds is 6. The van der Waals surface area contributed by atoms with Crippen LogP contribution in [0, 0.1) is 13.8 Å². The Morgan fingerprint density at radius 2 is 1.95 bits per heavy atom. The molecule has 0 unspecified atom stereocenters. The van der Waals surface area contributed by atoms with Gasteiger partial charge in [-0.3, -0.25) is 9.59 Å². The molecule has 0 N–H and O–H groups in total. The minimum Gasteiger partial charge on any atom is -0.465 e. The summed E-state index contributed by atoms with van der Waals surface area (Å²) in [7, 11) is 1.61. The molecule has 116 valence electrons. The lowest BCUT2D eigenvalue weighted by atomic mass is 10.2. The van der Waals surface area contributed by atoms with Crippen molar-refractivity contribution in [2.45, 2.75) is 25.7 Å². The summed E-state index contributed by atoms with van der Waals surface area (Å²) in [5.74, 6) is -0.167. The van der Waals surface area contributed by atoms with Gasteiger partial charge in [0.25, 0.3) is 0 Å². The van der Waals surface area contributed by atoms with Crippen LogP contribution < -0.4 is 0 Å². The van der Waals surface area contributed by atoms with Crippen LogP contribution in [-0.4, -0.2) is 42.7 Å². The molecule has 0 fully saturated rings. The van der Waals surface area contributed by atoms with Gasteiger partial charge in [0.05, 0.1) is 12.4 Å². The van der Waals surface area contributed by atoms with Crippen molar-refractivity contribution < 1.29 is 14.3 Å². The van der Waals surface area contributed by atoms with Crippen molar-refractivity contribution in [1.82, 2.24) is 4.90 Å². The molecule has 0 heterocycles. The van der Waals surface area contributed by atoms with Gasteiger partial charge in [0.1, 0.15) is 6.54 Å². The second-order valence-corrected chi connectivity index (χ2v) is 6.58. The minimum absolute atomic E-state index is 0.00835. The molecule has 1 aromatic rings. The van der Waals surface area contributed by atoms with Crippen LogP contribution >= 0.6 is 27.7 Å². The van der Waals surface area contributed by atoms with Gasteiger partial charge in [-0.1, -0.05) is 15.9 Å². The minimum atomic E-state index is -0.381. The van der Waals surface area contributed by atoms with Crippen molar-refractivity contribution in [2.24, 2.45) is 0 Å². The summed E-state index contributed by atoms with van der Waals surface area (Å²) in [6, 6.07) is 4.10. The van der Waals surface area contributed by atoms with Crippen LogP contribution in [0.3, 0.4) is 0 Å². The van der Waals surface area contributed by atoms with E-state index in [0.717, 1.165) is 20.5 Å². The number of likely N-dealkylation sites (N-methyl/N-ethyl adjacent to an activating group) is 1. The Labute approximate surface area is 138 Å². The van der Waals surface area contributed by atoms with E-state index in [0.29, 0.717) is 12.4 Å². The average molecular weight is 374 g/mol. The molecule has 0 aromatic heterocycles. The molecular formula is C15H20BrNO3S. The van der Waals surface area contributed by atoms with Crippen LogP contribution in [0.1, 0.15) is 18.1 Å². The normalized spacial score (nSPS) is 10.3. The van der Waals surface area contributed by atoms with Gasteiger partial charge >= 0.3 is 5.97 Å². The Kier molecular flexibility index (Phi) is 7.25. The number of hydrogen-bond donors (Lipinski definition) is 0. The number of aryl methyl sites for hydroxylation is 2. The first kappa shape index (κ1) is 18.0. The van der Waals surface area contributed by atoms with E-state index >= 15 is 0 Å². The Hall–Kier alpha value is -1.01. The predicted octanol–water partition coefficient (Wildman–Crippen LogP) is 3.18. The van der Waals surface area contributed by atoms with E-state index in [1.807, 2.05) is 19.9 Å². The lowest BCUT2D eigenvalue weighted by Crippen LogP contribution is -2.34. The summed E-state index contributed by atoms with van der Waals surface area (Å²) in [5, 5.41) is 0. The third-order valence-corrected chi connectivity index (χ3v) is 4.90. The standard InChI is InChI=1S/C15H20BrNO3S/c1-5-20-15(19)8-17(4)14(18)9-21-13-7-10(2)12(16)6-11(13)3/h6-7H,5,8-9H2,1-4H3. The Bertz CT molecular complexity index is 534. The van der Waals surface area contributed by atoms with E-state index in [2.05, 4.69) is 22.0 Å². The highest BCUT2D eigenvalue weighted by molar-refractivity contribution is 9.10. The first-order valence-corrected chi connectivity index (χ1v) is 8.42. The Morgan fingerprint density at radius 1 is 1.29 bits per heavy atom. The molecule has 0 saturated heterocycles. The lowest BCUT2D eigenvalue weighted by molar-refractivity contribution is -0.147. The van der Waals surface area contributed by atoms with Crippen molar-refractivity contribution in [2.75, 3.05) is 26.0 Å². The number of carbonyl (C=O) groups excluding carboxylic acids is 2. The number of carbonyl (C=O) groups is 2. The van der Waals surface area contributed by atoms with Gasteiger partial charge in [-0.15, -0.1) is 11.8 Å². The fourth-order valence-electron chi connectivity index (χ4n) is 1.65. The van der Waals surface area contributed by atoms with E-state index in [1.165, 1.54) is 16.7 Å². The van der Waals surface area contributed by atoms with Gasteiger partial charge in [0.15, 0.2) is 0 Å². The third kappa shape index (κ3) is 5.71. The molecule has 1 aromatic carbocycles. The summed E-state index contributed by atoms with van der Waals surface area (Å²) in [5.41, 5.74) is 2.26. The van der Waals surface area contributed by atoms with Crippen molar-refractivity contribution in [3.63, 3.8) is 0 Å². The number of ether oxygens (including phenoxy) is 1. The number of hydrogen-bond acceptors (Lipinski definition) is 4.